The van der Waals surface area contributed by atoms with E-state index >= 15 is 0 Å². The van der Waals surface area contributed by atoms with Crippen LogP contribution in [0.2, 0.25) is 10.0 Å². The lowest BCUT2D eigenvalue weighted by Crippen LogP contribution is -2.21. The van der Waals surface area contributed by atoms with E-state index in [1.54, 1.807) is 48.5 Å². The average molecular weight is 569 g/mol. The number of nitrogens with zero attached hydrogens (tertiary/aromatic N) is 1. The van der Waals surface area contributed by atoms with Gasteiger partial charge in [-0.25, -0.2) is 4.79 Å². The van der Waals surface area contributed by atoms with Crippen molar-refractivity contribution in [3.05, 3.63) is 141 Å². The van der Waals surface area contributed by atoms with Crippen molar-refractivity contribution in [2.75, 3.05) is 0 Å². The highest BCUT2D eigenvalue weighted by atomic mass is 35.5. The van der Waals surface area contributed by atoms with E-state index in [0.717, 1.165) is 22.3 Å². The summed E-state index contributed by atoms with van der Waals surface area (Å²) in [6.07, 6.45) is 2.96. The molecule has 1 heterocycles. The Morgan fingerprint density at radius 3 is 2.25 bits per heavy atom. The van der Waals surface area contributed by atoms with Crippen LogP contribution in [0, 0.1) is 11.3 Å². The largest absolute Gasteiger partial charge is 0.489 e. The van der Waals surface area contributed by atoms with E-state index in [0.29, 0.717) is 28.2 Å². The minimum Gasteiger partial charge on any atom is -0.489 e. The topological polar surface area (TPSA) is 94.6 Å². The number of ether oxygens (including phenoxy) is 3. The number of carbonyl (C=O) groups is 1. The van der Waals surface area contributed by atoms with E-state index in [-0.39, 0.29) is 17.2 Å². The lowest BCUT2D eigenvalue weighted by atomic mass is 9.83. The van der Waals surface area contributed by atoms with Gasteiger partial charge in [0.25, 0.3) is 0 Å². The molecular weight excluding hydrogens is 547 g/mol. The molecule has 198 valence electrons. The SMILES string of the molecule is N#CC1=C(N)Oc2cc(OC(=O)/C=C/c3ccc(Cl)cc3)ccc2C1c1ccc(OCc2ccc(Cl)cc2)cc1. The fourth-order valence-electron chi connectivity index (χ4n) is 4.23. The molecule has 1 atom stereocenters. The van der Waals surface area contributed by atoms with Gasteiger partial charge in [-0.3, -0.25) is 0 Å². The van der Waals surface area contributed by atoms with Gasteiger partial charge in [-0.05, 0) is 65.2 Å². The Labute approximate surface area is 241 Å². The van der Waals surface area contributed by atoms with Crippen molar-refractivity contribution in [2.45, 2.75) is 12.5 Å². The zero-order valence-corrected chi connectivity index (χ0v) is 22.5. The van der Waals surface area contributed by atoms with Crippen LogP contribution in [0.1, 0.15) is 28.2 Å². The van der Waals surface area contributed by atoms with Gasteiger partial charge in [0.1, 0.15) is 35.5 Å². The number of nitriles is 1. The normalized spacial score (nSPS) is 14.3. The quantitative estimate of drug-likeness (QED) is 0.142. The Balaban J connectivity index is 1.32. The van der Waals surface area contributed by atoms with Gasteiger partial charge in [0.15, 0.2) is 0 Å². The molecule has 0 fully saturated rings. The summed E-state index contributed by atoms with van der Waals surface area (Å²) in [7, 11) is 0. The molecule has 1 aliphatic heterocycles. The van der Waals surface area contributed by atoms with E-state index in [2.05, 4.69) is 6.07 Å². The van der Waals surface area contributed by atoms with Crippen LogP contribution in [0.4, 0.5) is 0 Å². The molecule has 5 rings (SSSR count). The number of hydrogen-bond acceptors (Lipinski definition) is 6. The molecule has 0 aromatic heterocycles. The Kier molecular flexibility index (Phi) is 8.07. The van der Waals surface area contributed by atoms with Gasteiger partial charge in [0.05, 0.1) is 5.92 Å². The van der Waals surface area contributed by atoms with E-state index in [1.165, 1.54) is 6.08 Å². The molecule has 4 aromatic rings. The number of fused-ring (bicyclic) bond motifs is 1. The van der Waals surface area contributed by atoms with E-state index < -0.39 is 11.9 Å². The molecule has 4 aromatic carbocycles. The fourth-order valence-corrected chi connectivity index (χ4v) is 4.49. The predicted octanol–water partition coefficient (Wildman–Crippen LogP) is 7.41. The van der Waals surface area contributed by atoms with Crippen molar-refractivity contribution < 1.29 is 19.0 Å². The van der Waals surface area contributed by atoms with Gasteiger partial charge in [0, 0.05) is 27.8 Å². The van der Waals surface area contributed by atoms with Crippen molar-refractivity contribution in [2.24, 2.45) is 5.73 Å². The zero-order valence-electron chi connectivity index (χ0n) is 21.0. The number of esters is 1. The minimum absolute atomic E-state index is 0.00539. The Morgan fingerprint density at radius 2 is 1.57 bits per heavy atom. The maximum Gasteiger partial charge on any atom is 0.336 e. The number of nitrogens with two attached hydrogens (primary N) is 1. The highest BCUT2D eigenvalue weighted by Crippen LogP contribution is 2.43. The summed E-state index contributed by atoms with van der Waals surface area (Å²) < 4.78 is 17.1. The lowest BCUT2D eigenvalue weighted by Gasteiger charge is -2.26. The van der Waals surface area contributed by atoms with Crippen LogP contribution in [-0.2, 0) is 11.4 Å². The Bertz CT molecular complexity index is 1640. The Morgan fingerprint density at radius 1 is 0.925 bits per heavy atom. The van der Waals surface area contributed by atoms with E-state index in [1.807, 2.05) is 48.5 Å². The van der Waals surface area contributed by atoms with Crippen LogP contribution < -0.4 is 19.9 Å². The number of halogens is 2. The second kappa shape index (κ2) is 12.0. The Hall–Kier alpha value is -4.70. The molecule has 2 N–H and O–H groups in total. The van der Waals surface area contributed by atoms with E-state index in [9.17, 15) is 10.1 Å². The van der Waals surface area contributed by atoms with Crippen molar-refractivity contribution in [3.63, 3.8) is 0 Å². The number of hydrogen-bond donors (Lipinski definition) is 1. The number of carbonyl (C=O) groups excluding carboxylic acids is 1. The third-order valence-corrected chi connectivity index (χ3v) is 6.73. The highest BCUT2D eigenvalue weighted by Gasteiger charge is 2.31. The summed E-state index contributed by atoms with van der Waals surface area (Å²) in [6.45, 7) is 0.392. The summed E-state index contributed by atoms with van der Waals surface area (Å²) in [5.74, 6) is 0.329. The second-order valence-corrected chi connectivity index (χ2v) is 9.79. The zero-order chi connectivity index (χ0) is 28.1. The molecular formula is C32H22Cl2N2O4. The van der Waals surface area contributed by atoms with Gasteiger partial charge < -0.3 is 19.9 Å². The first-order valence-corrected chi connectivity index (χ1v) is 13.0. The molecule has 0 saturated carbocycles. The van der Waals surface area contributed by atoms with Crippen molar-refractivity contribution in [1.82, 2.24) is 0 Å². The van der Waals surface area contributed by atoms with Gasteiger partial charge in [-0.15, -0.1) is 0 Å². The van der Waals surface area contributed by atoms with Gasteiger partial charge in [-0.1, -0.05) is 65.7 Å². The molecule has 8 heteroatoms. The third kappa shape index (κ3) is 6.29. The minimum atomic E-state index is -0.558. The second-order valence-electron chi connectivity index (χ2n) is 8.91. The standard InChI is InChI=1S/C32H22Cl2N2O4/c33-23-8-1-20(2-9-23)5-16-30(37)39-26-14-15-27-29(17-26)40-32(36)28(18-35)31(27)22-6-12-25(13-7-22)38-19-21-3-10-24(34)11-4-21/h1-17,31H,19,36H2/b16-5+. The van der Waals surface area contributed by atoms with Gasteiger partial charge in [-0.2, -0.15) is 5.26 Å². The summed E-state index contributed by atoms with van der Waals surface area (Å²) in [6, 6.07) is 29.1. The first kappa shape index (κ1) is 26.9. The summed E-state index contributed by atoms with van der Waals surface area (Å²) >= 11 is 11.8. The number of benzene rings is 4. The molecule has 0 spiro atoms. The van der Waals surface area contributed by atoms with Crippen LogP contribution >= 0.6 is 23.2 Å². The fraction of sp³-hybridized carbons (Fsp3) is 0.0625. The van der Waals surface area contributed by atoms with E-state index in [4.69, 9.17) is 43.1 Å². The smallest absolute Gasteiger partial charge is 0.336 e. The van der Waals surface area contributed by atoms with Crippen LogP contribution in [0.15, 0.2) is 109 Å². The molecule has 1 unspecified atom stereocenters. The van der Waals surface area contributed by atoms with Crippen LogP contribution in [0.25, 0.3) is 6.08 Å². The highest BCUT2D eigenvalue weighted by molar-refractivity contribution is 6.30. The molecule has 0 radical (unpaired) electrons. The first-order chi connectivity index (χ1) is 19.4. The molecule has 1 aliphatic rings. The summed E-state index contributed by atoms with van der Waals surface area (Å²) in [5, 5.41) is 11.1. The van der Waals surface area contributed by atoms with Crippen molar-refractivity contribution in [1.29, 1.82) is 5.26 Å². The number of rotatable bonds is 7. The first-order valence-electron chi connectivity index (χ1n) is 12.2. The van der Waals surface area contributed by atoms with Gasteiger partial charge >= 0.3 is 5.97 Å². The van der Waals surface area contributed by atoms with Gasteiger partial charge in [0.2, 0.25) is 5.88 Å². The third-order valence-electron chi connectivity index (χ3n) is 6.22. The van der Waals surface area contributed by atoms with Crippen LogP contribution in [0.5, 0.6) is 17.2 Å². The molecule has 6 nitrogen and oxygen atoms in total. The maximum absolute atomic E-state index is 12.4. The predicted molar refractivity (Wildman–Crippen MR) is 154 cm³/mol. The average Bonchev–Trinajstić information content (AvgIpc) is 2.96. The summed E-state index contributed by atoms with van der Waals surface area (Å²) in [4.78, 5) is 12.4. The molecule has 40 heavy (non-hydrogen) atoms. The summed E-state index contributed by atoms with van der Waals surface area (Å²) in [5.41, 5.74) is 9.77. The maximum atomic E-state index is 12.4. The monoisotopic (exact) mass is 568 g/mol. The van der Waals surface area contributed by atoms with Crippen molar-refractivity contribution >= 4 is 35.2 Å². The molecule has 0 bridgehead atoms. The van der Waals surface area contributed by atoms with Crippen LogP contribution in [0.3, 0.4) is 0 Å². The number of allylic oxidation sites excluding steroid dienone is 1. The lowest BCUT2D eigenvalue weighted by molar-refractivity contribution is -0.128. The molecule has 0 aliphatic carbocycles. The van der Waals surface area contributed by atoms with Crippen LogP contribution in [-0.4, -0.2) is 5.97 Å². The molecule has 0 amide bonds. The van der Waals surface area contributed by atoms with Crippen molar-refractivity contribution in [3.8, 4) is 23.3 Å². The molecule has 0 saturated heterocycles.